The zero-order chi connectivity index (χ0) is 15.1. The van der Waals surface area contributed by atoms with Crippen LogP contribution in [0.5, 0.6) is 0 Å². The molecule has 0 N–H and O–H groups in total. The van der Waals surface area contributed by atoms with Crippen LogP contribution in [0.2, 0.25) is 5.02 Å². The van der Waals surface area contributed by atoms with Crippen LogP contribution in [0, 0.1) is 0 Å². The quantitative estimate of drug-likeness (QED) is 0.724. The second kappa shape index (κ2) is 5.55. The van der Waals surface area contributed by atoms with Crippen LogP contribution >= 0.6 is 38.9 Å². The Labute approximate surface area is 139 Å². The van der Waals surface area contributed by atoms with Crippen molar-refractivity contribution >= 4 is 56.2 Å². The molecule has 0 atom stereocenters. The fourth-order valence-electron chi connectivity index (χ4n) is 2.49. The van der Waals surface area contributed by atoms with E-state index in [2.05, 4.69) is 15.9 Å². The Kier molecular flexibility index (Phi) is 3.90. The summed E-state index contributed by atoms with van der Waals surface area (Å²) < 4.78 is 0.737. The van der Waals surface area contributed by atoms with Gasteiger partial charge in [-0.1, -0.05) is 27.5 Å². The second-order valence-electron chi connectivity index (χ2n) is 4.81. The van der Waals surface area contributed by atoms with E-state index in [9.17, 15) is 9.59 Å². The van der Waals surface area contributed by atoms with Gasteiger partial charge in [0.05, 0.1) is 9.90 Å². The van der Waals surface area contributed by atoms with E-state index in [0.29, 0.717) is 22.0 Å². The number of ketones is 1. The molecule has 3 rings (SSSR count). The van der Waals surface area contributed by atoms with E-state index in [1.165, 1.54) is 18.3 Å². The van der Waals surface area contributed by atoms with Crippen LogP contribution in [0.4, 0.5) is 5.69 Å². The Morgan fingerprint density at radius 3 is 2.76 bits per heavy atom. The summed E-state index contributed by atoms with van der Waals surface area (Å²) in [6.45, 7) is 2.20. The Morgan fingerprint density at radius 2 is 2.14 bits per heavy atom. The predicted octanol–water partition coefficient (Wildman–Crippen LogP) is 4.30. The molecule has 1 aliphatic rings. The van der Waals surface area contributed by atoms with Crippen LogP contribution in [0.25, 0.3) is 0 Å². The molecule has 2 heterocycles. The lowest BCUT2D eigenvalue weighted by Crippen LogP contribution is -2.25. The maximum absolute atomic E-state index is 12.6. The number of rotatable bonds is 2. The first-order valence-corrected chi connectivity index (χ1v) is 8.42. The largest absolute Gasteiger partial charge is 0.312 e. The van der Waals surface area contributed by atoms with Gasteiger partial charge in [0, 0.05) is 29.2 Å². The van der Waals surface area contributed by atoms with Crippen molar-refractivity contribution < 1.29 is 9.59 Å². The van der Waals surface area contributed by atoms with Crippen LogP contribution in [0.15, 0.2) is 28.1 Å². The molecule has 1 amide bonds. The zero-order valence-electron chi connectivity index (χ0n) is 11.2. The van der Waals surface area contributed by atoms with E-state index in [0.717, 1.165) is 22.1 Å². The molecule has 1 aliphatic heterocycles. The van der Waals surface area contributed by atoms with Crippen LogP contribution in [-0.4, -0.2) is 18.2 Å². The van der Waals surface area contributed by atoms with E-state index >= 15 is 0 Å². The third-order valence-electron chi connectivity index (χ3n) is 3.51. The summed E-state index contributed by atoms with van der Waals surface area (Å²) in [6.07, 6.45) is 0.807. The molecule has 21 heavy (non-hydrogen) atoms. The number of anilines is 1. The van der Waals surface area contributed by atoms with E-state index in [1.54, 1.807) is 22.4 Å². The van der Waals surface area contributed by atoms with Crippen molar-refractivity contribution in [2.45, 2.75) is 13.3 Å². The van der Waals surface area contributed by atoms with Crippen molar-refractivity contribution in [2.24, 2.45) is 0 Å². The molecule has 0 fully saturated rings. The van der Waals surface area contributed by atoms with Gasteiger partial charge in [0.2, 0.25) is 11.7 Å². The maximum Gasteiger partial charge on any atom is 0.223 e. The van der Waals surface area contributed by atoms with Gasteiger partial charge in [-0.05, 0) is 35.6 Å². The minimum Gasteiger partial charge on any atom is -0.312 e. The van der Waals surface area contributed by atoms with Gasteiger partial charge in [-0.3, -0.25) is 9.59 Å². The lowest BCUT2D eigenvalue weighted by molar-refractivity contribution is -0.116. The van der Waals surface area contributed by atoms with Gasteiger partial charge >= 0.3 is 0 Å². The highest BCUT2D eigenvalue weighted by Crippen LogP contribution is 2.35. The number of halogens is 2. The van der Waals surface area contributed by atoms with Crippen molar-refractivity contribution in [3.05, 3.63) is 49.1 Å². The monoisotopic (exact) mass is 383 g/mol. The molecule has 0 aliphatic carbocycles. The molecule has 0 spiro atoms. The Morgan fingerprint density at radius 1 is 1.38 bits per heavy atom. The molecule has 0 bridgehead atoms. The summed E-state index contributed by atoms with van der Waals surface area (Å²) in [5, 5.41) is 2.25. The summed E-state index contributed by atoms with van der Waals surface area (Å²) in [6, 6.07) is 5.42. The third-order valence-corrected chi connectivity index (χ3v) is 5.51. The smallest absolute Gasteiger partial charge is 0.223 e. The molecule has 1 aromatic carbocycles. The van der Waals surface area contributed by atoms with Crippen LogP contribution in [0.1, 0.15) is 27.7 Å². The van der Waals surface area contributed by atoms with E-state index < -0.39 is 0 Å². The second-order valence-corrected chi connectivity index (χ2v) is 6.99. The van der Waals surface area contributed by atoms with E-state index in [4.69, 9.17) is 11.6 Å². The molecular formula is C15H11BrClNO2S. The Balaban J connectivity index is 2.09. The highest BCUT2D eigenvalue weighted by molar-refractivity contribution is 9.10. The third kappa shape index (κ3) is 2.54. The molecule has 2 aromatic rings. The molecule has 3 nitrogen and oxygen atoms in total. The van der Waals surface area contributed by atoms with Crippen LogP contribution in [-0.2, 0) is 11.2 Å². The number of thiophene rings is 1. The average molecular weight is 385 g/mol. The average Bonchev–Trinajstić information content (AvgIpc) is 3.02. The standard InChI is InChI=1S/C15H11BrClNO2S/c1-8(19)18-4-2-9-6-11(16)10(7-13(9)18)14(20)15-12(17)3-5-21-15/h3,5-7H,2,4H2,1H3. The fourth-order valence-corrected chi connectivity index (χ4v) is 4.15. The molecule has 108 valence electrons. The van der Waals surface area contributed by atoms with E-state index in [-0.39, 0.29) is 11.7 Å². The number of carbonyl (C=O) groups excluding carboxylic acids is 2. The highest BCUT2D eigenvalue weighted by Gasteiger charge is 2.26. The van der Waals surface area contributed by atoms with Crippen LogP contribution in [0.3, 0.4) is 0 Å². The van der Waals surface area contributed by atoms with Crippen molar-refractivity contribution in [3.63, 3.8) is 0 Å². The van der Waals surface area contributed by atoms with Crippen molar-refractivity contribution in [1.82, 2.24) is 0 Å². The highest BCUT2D eigenvalue weighted by atomic mass is 79.9. The normalized spacial score (nSPS) is 13.4. The molecule has 6 heteroatoms. The number of carbonyl (C=O) groups is 2. The number of hydrogen-bond donors (Lipinski definition) is 0. The molecular weight excluding hydrogens is 374 g/mol. The predicted molar refractivity (Wildman–Crippen MR) is 88.6 cm³/mol. The lowest BCUT2D eigenvalue weighted by atomic mass is 10.0. The van der Waals surface area contributed by atoms with Gasteiger partial charge in [0.1, 0.15) is 0 Å². The van der Waals surface area contributed by atoms with Crippen molar-refractivity contribution in [3.8, 4) is 0 Å². The van der Waals surface area contributed by atoms with Crippen LogP contribution < -0.4 is 4.90 Å². The topological polar surface area (TPSA) is 37.4 Å². The minimum atomic E-state index is -0.125. The SMILES string of the molecule is CC(=O)N1CCc2cc(Br)c(C(=O)c3sccc3Cl)cc21. The molecule has 0 radical (unpaired) electrons. The van der Waals surface area contributed by atoms with Gasteiger partial charge in [-0.2, -0.15) is 0 Å². The van der Waals surface area contributed by atoms with E-state index in [1.807, 2.05) is 6.07 Å². The number of fused-ring (bicyclic) bond motifs is 1. The van der Waals surface area contributed by atoms with Gasteiger partial charge in [-0.25, -0.2) is 0 Å². The lowest BCUT2D eigenvalue weighted by Gasteiger charge is -2.16. The Hall–Kier alpha value is -1.17. The molecule has 0 saturated carbocycles. The summed E-state index contributed by atoms with van der Waals surface area (Å²) in [7, 11) is 0. The maximum atomic E-state index is 12.6. The summed E-state index contributed by atoms with van der Waals surface area (Å²) >= 11 is 10.8. The first-order valence-electron chi connectivity index (χ1n) is 6.37. The number of nitrogens with zero attached hydrogens (tertiary/aromatic N) is 1. The first kappa shape index (κ1) is 14.8. The molecule has 0 unspecified atom stereocenters. The van der Waals surface area contributed by atoms with Crippen molar-refractivity contribution in [1.29, 1.82) is 0 Å². The van der Waals surface area contributed by atoms with Gasteiger partial charge in [0.15, 0.2) is 0 Å². The molecule has 1 aromatic heterocycles. The number of hydrogen-bond acceptors (Lipinski definition) is 3. The van der Waals surface area contributed by atoms with Gasteiger partial charge < -0.3 is 4.90 Å². The molecule has 0 saturated heterocycles. The summed E-state index contributed by atoms with van der Waals surface area (Å²) in [4.78, 5) is 26.5. The fraction of sp³-hybridized carbons (Fsp3) is 0.200. The number of benzene rings is 1. The van der Waals surface area contributed by atoms with Crippen molar-refractivity contribution in [2.75, 3.05) is 11.4 Å². The van der Waals surface area contributed by atoms with Gasteiger partial charge in [0.25, 0.3) is 0 Å². The van der Waals surface area contributed by atoms with Gasteiger partial charge in [-0.15, -0.1) is 11.3 Å². The summed E-state index contributed by atoms with van der Waals surface area (Å²) in [5.74, 6) is -0.135. The number of amides is 1. The first-order chi connectivity index (χ1) is 9.99. The Bertz CT molecular complexity index is 756. The zero-order valence-corrected chi connectivity index (χ0v) is 14.3. The minimum absolute atomic E-state index is 0.0105. The summed E-state index contributed by atoms with van der Waals surface area (Å²) in [5.41, 5.74) is 2.43.